The number of aromatic nitrogens is 2. The summed E-state index contributed by atoms with van der Waals surface area (Å²) in [6, 6.07) is 14.4. The molecule has 26 heavy (non-hydrogen) atoms. The van der Waals surface area contributed by atoms with Crippen LogP contribution in [0.4, 0.5) is 5.82 Å². The van der Waals surface area contributed by atoms with Crippen LogP contribution in [0.2, 0.25) is 5.02 Å². The van der Waals surface area contributed by atoms with Gasteiger partial charge >= 0.3 is 0 Å². The predicted octanol–water partition coefficient (Wildman–Crippen LogP) is 4.30. The average molecular weight is 451 g/mol. The van der Waals surface area contributed by atoms with E-state index in [-0.39, 0.29) is 5.91 Å². The molecule has 132 valence electrons. The minimum Gasteiger partial charge on any atom is -0.306 e. The Kier molecular flexibility index (Phi) is 4.69. The van der Waals surface area contributed by atoms with Gasteiger partial charge in [-0.05, 0) is 36.4 Å². The highest BCUT2D eigenvalue weighted by molar-refractivity contribution is 9.10. The number of anilines is 1. The van der Waals surface area contributed by atoms with E-state index in [0.29, 0.717) is 27.9 Å². The van der Waals surface area contributed by atoms with Crippen molar-refractivity contribution in [1.29, 1.82) is 0 Å². The van der Waals surface area contributed by atoms with E-state index in [1.807, 2.05) is 18.2 Å². The zero-order valence-corrected chi connectivity index (χ0v) is 16.6. The SMILES string of the molecule is O=C(Nc1c2c(nn1-c1cccc(Cl)c1)CS(=O)C2)c1cccc(Br)c1. The number of amides is 1. The Morgan fingerprint density at radius 3 is 2.77 bits per heavy atom. The lowest BCUT2D eigenvalue weighted by molar-refractivity contribution is 0.102. The fourth-order valence-corrected chi connectivity index (χ4v) is 4.71. The van der Waals surface area contributed by atoms with Crippen LogP contribution in [0.3, 0.4) is 0 Å². The van der Waals surface area contributed by atoms with Crippen LogP contribution in [0.15, 0.2) is 53.0 Å². The van der Waals surface area contributed by atoms with E-state index < -0.39 is 10.8 Å². The van der Waals surface area contributed by atoms with Gasteiger partial charge < -0.3 is 5.32 Å². The van der Waals surface area contributed by atoms with Gasteiger partial charge in [-0.15, -0.1) is 0 Å². The Hall–Kier alpha value is -1.96. The van der Waals surface area contributed by atoms with E-state index in [2.05, 4.69) is 26.3 Å². The summed E-state index contributed by atoms with van der Waals surface area (Å²) in [6.45, 7) is 0. The maximum absolute atomic E-state index is 12.7. The van der Waals surface area contributed by atoms with E-state index in [4.69, 9.17) is 11.6 Å². The molecule has 0 bridgehead atoms. The molecule has 1 amide bonds. The van der Waals surface area contributed by atoms with E-state index in [1.165, 1.54) is 0 Å². The number of hydrogen-bond acceptors (Lipinski definition) is 3. The highest BCUT2D eigenvalue weighted by Gasteiger charge is 2.28. The molecule has 8 heteroatoms. The van der Waals surface area contributed by atoms with Crippen LogP contribution in [0.1, 0.15) is 21.6 Å². The first-order valence-corrected chi connectivity index (χ1v) is 10.5. The smallest absolute Gasteiger partial charge is 0.256 e. The lowest BCUT2D eigenvalue weighted by atomic mass is 10.2. The number of halogens is 2. The first-order valence-electron chi connectivity index (χ1n) is 7.80. The number of fused-ring (bicyclic) bond motifs is 1. The van der Waals surface area contributed by atoms with Crippen LogP contribution in [0.25, 0.3) is 5.69 Å². The fraction of sp³-hybridized carbons (Fsp3) is 0.111. The van der Waals surface area contributed by atoms with Gasteiger partial charge in [0.25, 0.3) is 5.91 Å². The summed E-state index contributed by atoms with van der Waals surface area (Å²) >= 11 is 9.47. The quantitative estimate of drug-likeness (QED) is 0.647. The van der Waals surface area contributed by atoms with Gasteiger partial charge in [-0.2, -0.15) is 5.10 Å². The Morgan fingerprint density at radius 2 is 2.00 bits per heavy atom. The van der Waals surface area contributed by atoms with E-state index in [9.17, 15) is 9.00 Å². The van der Waals surface area contributed by atoms with Crippen molar-refractivity contribution in [2.45, 2.75) is 11.5 Å². The van der Waals surface area contributed by atoms with Crippen LogP contribution >= 0.6 is 27.5 Å². The molecular formula is C18H13BrClN3O2S. The summed E-state index contributed by atoms with van der Waals surface area (Å²) in [6.07, 6.45) is 0. The molecule has 0 aliphatic carbocycles. The molecule has 4 rings (SSSR count). The number of nitrogens with one attached hydrogen (secondary N) is 1. The second-order valence-electron chi connectivity index (χ2n) is 5.86. The molecule has 0 fully saturated rings. The highest BCUT2D eigenvalue weighted by Crippen LogP contribution is 2.32. The fourth-order valence-electron chi connectivity index (χ4n) is 2.86. The molecule has 2 aromatic carbocycles. The van der Waals surface area contributed by atoms with Crippen molar-refractivity contribution in [3.8, 4) is 5.69 Å². The van der Waals surface area contributed by atoms with Crippen molar-refractivity contribution >= 4 is 50.1 Å². The minimum absolute atomic E-state index is 0.255. The van der Waals surface area contributed by atoms with Crippen molar-refractivity contribution in [2.75, 3.05) is 5.32 Å². The maximum atomic E-state index is 12.7. The average Bonchev–Trinajstić information content (AvgIpc) is 3.12. The summed E-state index contributed by atoms with van der Waals surface area (Å²) in [5.74, 6) is 1.06. The van der Waals surface area contributed by atoms with Gasteiger partial charge in [-0.3, -0.25) is 9.00 Å². The number of carbonyl (C=O) groups excluding carboxylic acids is 1. The van der Waals surface area contributed by atoms with Crippen molar-refractivity contribution in [3.05, 3.63) is 74.8 Å². The first kappa shape index (κ1) is 17.5. The number of nitrogens with zero attached hydrogens (tertiary/aromatic N) is 2. The molecule has 2 heterocycles. The molecule has 0 spiro atoms. The molecule has 0 saturated heterocycles. The Bertz CT molecular complexity index is 1050. The molecular weight excluding hydrogens is 438 g/mol. The summed E-state index contributed by atoms with van der Waals surface area (Å²) < 4.78 is 14.4. The molecule has 1 aliphatic rings. The molecule has 1 N–H and O–H groups in total. The summed E-state index contributed by atoms with van der Waals surface area (Å²) in [5.41, 5.74) is 2.81. The monoisotopic (exact) mass is 449 g/mol. The molecule has 3 aromatic rings. The number of rotatable bonds is 3. The van der Waals surface area contributed by atoms with Crippen LogP contribution < -0.4 is 5.32 Å². The first-order chi connectivity index (χ1) is 12.5. The molecule has 1 unspecified atom stereocenters. The molecule has 0 saturated carbocycles. The minimum atomic E-state index is -0.991. The second-order valence-corrected chi connectivity index (χ2v) is 8.67. The highest BCUT2D eigenvalue weighted by atomic mass is 79.9. The summed E-state index contributed by atoms with van der Waals surface area (Å²) in [4.78, 5) is 12.7. The van der Waals surface area contributed by atoms with Crippen molar-refractivity contribution in [1.82, 2.24) is 9.78 Å². The van der Waals surface area contributed by atoms with E-state index in [1.54, 1.807) is 35.0 Å². The third kappa shape index (κ3) is 3.34. The lowest BCUT2D eigenvalue weighted by Crippen LogP contribution is -2.16. The summed E-state index contributed by atoms with van der Waals surface area (Å²) in [7, 11) is -0.991. The van der Waals surface area contributed by atoms with Gasteiger partial charge in [-0.25, -0.2) is 4.68 Å². The van der Waals surface area contributed by atoms with E-state index >= 15 is 0 Å². The molecule has 5 nitrogen and oxygen atoms in total. The lowest BCUT2D eigenvalue weighted by Gasteiger charge is -2.11. The second kappa shape index (κ2) is 6.98. The van der Waals surface area contributed by atoms with Crippen LogP contribution in [-0.4, -0.2) is 19.9 Å². The van der Waals surface area contributed by atoms with Gasteiger partial charge in [-0.1, -0.05) is 39.7 Å². The van der Waals surface area contributed by atoms with Crippen molar-refractivity contribution < 1.29 is 9.00 Å². The molecule has 1 aromatic heterocycles. The van der Waals surface area contributed by atoms with Gasteiger partial charge in [0, 0.05) is 31.4 Å². The zero-order valence-electron chi connectivity index (χ0n) is 13.4. The predicted molar refractivity (Wildman–Crippen MR) is 106 cm³/mol. The van der Waals surface area contributed by atoms with Crippen molar-refractivity contribution in [2.24, 2.45) is 0 Å². The Labute approximate surface area is 165 Å². The third-order valence-corrected chi connectivity index (χ3v) is 5.98. The standard InChI is InChI=1S/C18H13BrClN3O2S/c19-12-4-1-3-11(7-12)18(24)21-17-15-9-26(25)10-16(15)22-23(17)14-6-2-5-13(20)8-14/h1-8H,9-10H2,(H,21,24). The number of benzene rings is 2. The Balaban J connectivity index is 1.77. The van der Waals surface area contributed by atoms with Crippen LogP contribution in [-0.2, 0) is 22.3 Å². The molecule has 1 atom stereocenters. The van der Waals surface area contributed by atoms with Gasteiger partial charge in [0.05, 0.1) is 22.9 Å². The largest absolute Gasteiger partial charge is 0.306 e. The third-order valence-electron chi connectivity index (χ3n) is 4.04. The molecule has 1 aliphatic heterocycles. The van der Waals surface area contributed by atoms with Crippen LogP contribution in [0.5, 0.6) is 0 Å². The van der Waals surface area contributed by atoms with Gasteiger partial charge in [0.2, 0.25) is 0 Å². The van der Waals surface area contributed by atoms with Crippen LogP contribution in [0, 0.1) is 0 Å². The topological polar surface area (TPSA) is 64.0 Å². The molecule has 0 radical (unpaired) electrons. The normalized spacial score (nSPS) is 15.7. The number of carbonyl (C=O) groups is 1. The van der Waals surface area contributed by atoms with Gasteiger partial charge in [0.1, 0.15) is 5.82 Å². The van der Waals surface area contributed by atoms with E-state index in [0.717, 1.165) is 21.4 Å². The maximum Gasteiger partial charge on any atom is 0.256 e. The van der Waals surface area contributed by atoms with Crippen molar-refractivity contribution in [3.63, 3.8) is 0 Å². The zero-order chi connectivity index (χ0) is 18.3. The summed E-state index contributed by atoms with van der Waals surface area (Å²) in [5, 5.41) is 8.07. The Morgan fingerprint density at radius 1 is 1.19 bits per heavy atom. The van der Waals surface area contributed by atoms with Gasteiger partial charge in [0.15, 0.2) is 0 Å². The number of hydrogen-bond donors (Lipinski definition) is 1.